The Balaban J connectivity index is 2.64. The lowest BCUT2D eigenvalue weighted by atomic mass is 9.77. The van der Waals surface area contributed by atoms with Gasteiger partial charge in [0.15, 0.2) is 0 Å². The highest BCUT2D eigenvalue weighted by atomic mass is 16.2. The van der Waals surface area contributed by atoms with Crippen molar-refractivity contribution in [2.45, 2.75) is 25.2 Å². The van der Waals surface area contributed by atoms with E-state index in [0.717, 1.165) is 11.3 Å². The maximum Gasteiger partial charge on any atom is 0.238 e. The Bertz CT molecular complexity index is 475. The number of carbonyl (C=O) groups excluding carboxylic acids is 1. The maximum atomic E-state index is 12.3. The van der Waals surface area contributed by atoms with Gasteiger partial charge in [0.05, 0.1) is 17.9 Å². The first-order valence-corrected chi connectivity index (χ1v) is 5.42. The first-order chi connectivity index (χ1) is 7.67. The molecule has 1 aromatic rings. The van der Waals surface area contributed by atoms with Gasteiger partial charge in [-0.2, -0.15) is 5.26 Å². The van der Waals surface area contributed by atoms with Gasteiger partial charge in [-0.25, -0.2) is 0 Å². The fourth-order valence-corrected chi connectivity index (χ4v) is 2.49. The fraction of sp³-hybridized carbons (Fsp3) is 0.385. The second-order valence-corrected chi connectivity index (χ2v) is 4.15. The van der Waals surface area contributed by atoms with E-state index < -0.39 is 5.41 Å². The SMILES string of the molecule is CCC1(CC#N)C(=O)N(C)c2ccccc21. The highest BCUT2D eigenvalue weighted by Crippen LogP contribution is 2.45. The molecule has 1 aromatic carbocycles. The van der Waals surface area contributed by atoms with Gasteiger partial charge in [-0.05, 0) is 18.1 Å². The number of likely N-dealkylation sites (N-methyl/N-ethyl adjacent to an activating group) is 1. The van der Waals surface area contributed by atoms with Gasteiger partial charge in [-0.15, -0.1) is 0 Å². The molecule has 0 radical (unpaired) electrons. The van der Waals surface area contributed by atoms with Gasteiger partial charge in [0, 0.05) is 12.7 Å². The number of benzene rings is 1. The molecule has 0 saturated heterocycles. The van der Waals surface area contributed by atoms with Gasteiger partial charge in [-0.3, -0.25) is 4.79 Å². The molecular weight excluding hydrogens is 200 g/mol. The van der Waals surface area contributed by atoms with Crippen LogP contribution in [0.25, 0.3) is 0 Å². The summed E-state index contributed by atoms with van der Waals surface area (Å²) in [6.45, 7) is 1.96. The van der Waals surface area contributed by atoms with Gasteiger partial charge >= 0.3 is 0 Å². The van der Waals surface area contributed by atoms with Crippen LogP contribution in [-0.2, 0) is 10.2 Å². The lowest BCUT2D eigenvalue weighted by Crippen LogP contribution is -2.37. The first-order valence-electron chi connectivity index (χ1n) is 5.42. The van der Waals surface area contributed by atoms with Crippen molar-refractivity contribution >= 4 is 11.6 Å². The van der Waals surface area contributed by atoms with Crippen molar-refractivity contribution < 1.29 is 4.79 Å². The number of amides is 1. The molecule has 0 spiro atoms. The molecule has 0 saturated carbocycles. The molecule has 2 rings (SSSR count). The lowest BCUT2D eigenvalue weighted by Gasteiger charge is -2.23. The highest BCUT2D eigenvalue weighted by molar-refractivity contribution is 6.07. The molecule has 1 aliphatic rings. The summed E-state index contributed by atoms with van der Waals surface area (Å²) in [7, 11) is 1.77. The Morgan fingerprint density at radius 2 is 2.12 bits per heavy atom. The van der Waals surface area contributed by atoms with Crippen LogP contribution < -0.4 is 4.90 Å². The number of nitrogens with zero attached hydrogens (tertiary/aromatic N) is 2. The molecule has 1 unspecified atom stereocenters. The molecule has 1 atom stereocenters. The third-order valence-electron chi connectivity index (χ3n) is 3.48. The minimum atomic E-state index is -0.625. The Morgan fingerprint density at radius 1 is 1.44 bits per heavy atom. The van der Waals surface area contributed by atoms with Crippen molar-refractivity contribution in [3.05, 3.63) is 29.8 Å². The van der Waals surface area contributed by atoms with Gasteiger partial charge in [0.1, 0.15) is 0 Å². The summed E-state index contributed by atoms with van der Waals surface area (Å²) < 4.78 is 0. The molecule has 16 heavy (non-hydrogen) atoms. The molecule has 0 fully saturated rings. The fourth-order valence-electron chi connectivity index (χ4n) is 2.49. The summed E-state index contributed by atoms with van der Waals surface area (Å²) in [5.41, 5.74) is 1.30. The molecule has 3 heteroatoms. The average Bonchev–Trinajstić information content (AvgIpc) is 2.53. The zero-order chi connectivity index (χ0) is 11.8. The second-order valence-electron chi connectivity index (χ2n) is 4.15. The monoisotopic (exact) mass is 214 g/mol. The Kier molecular flexibility index (Phi) is 2.43. The van der Waals surface area contributed by atoms with E-state index in [-0.39, 0.29) is 12.3 Å². The van der Waals surface area contributed by atoms with E-state index in [2.05, 4.69) is 6.07 Å². The zero-order valence-corrected chi connectivity index (χ0v) is 9.53. The second kappa shape index (κ2) is 3.64. The van der Waals surface area contributed by atoms with Crippen LogP contribution in [-0.4, -0.2) is 13.0 Å². The number of para-hydroxylation sites is 1. The minimum absolute atomic E-state index is 0.0396. The van der Waals surface area contributed by atoms with Gasteiger partial charge < -0.3 is 4.90 Å². The van der Waals surface area contributed by atoms with Crippen molar-refractivity contribution in [3.8, 4) is 6.07 Å². The molecule has 0 bridgehead atoms. The molecule has 3 nitrogen and oxygen atoms in total. The molecule has 1 heterocycles. The smallest absolute Gasteiger partial charge is 0.238 e. The molecule has 1 aliphatic heterocycles. The summed E-state index contributed by atoms with van der Waals surface area (Å²) in [5.74, 6) is 0.0396. The molecule has 0 aromatic heterocycles. The molecule has 1 amide bonds. The van der Waals surface area contributed by atoms with Crippen LogP contribution in [0, 0.1) is 11.3 Å². The van der Waals surface area contributed by atoms with Crippen LogP contribution in [0.5, 0.6) is 0 Å². The van der Waals surface area contributed by atoms with E-state index >= 15 is 0 Å². The zero-order valence-electron chi connectivity index (χ0n) is 9.53. The van der Waals surface area contributed by atoms with Gasteiger partial charge in [-0.1, -0.05) is 25.1 Å². The summed E-state index contributed by atoms with van der Waals surface area (Å²) in [6.07, 6.45) is 0.921. The minimum Gasteiger partial charge on any atom is -0.314 e. The quantitative estimate of drug-likeness (QED) is 0.757. The predicted octanol–water partition coefficient (Wildman–Crippen LogP) is 2.22. The number of anilines is 1. The van der Waals surface area contributed by atoms with Crippen molar-refractivity contribution in [3.63, 3.8) is 0 Å². The number of hydrogen-bond donors (Lipinski definition) is 0. The summed E-state index contributed by atoms with van der Waals surface area (Å²) in [6, 6.07) is 9.88. The molecule has 0 N–H and O–H groups in total. The third-order valence-corrected chi connectivity index (χ3v) is 3.48. The van der Waals surface area contributed by atoms with Crippen molar-refractivity contribution in [1.29, 1.82) is 5.26 Å². The Labute approximate surface area is 95.3 Å². The van der Waals surface area contributed by atoms with E-state index in [1.807, 2.05) is 31.2 Å². The van der Waals surface area contributed by atoms with E-state index in [1.54, 1.807) is 11.9 Å². The van der Waals surface area contributed by atoms with Crippen molar-refractivity contribution in [1.82, 2.24) is 0 Å². The van der Waals surface area contributed by atoms with E-state index in [0.29, 0.717) is 6.42 Å². The van der Waals surface area contributed by atoms with Crippen LogP contribution in [0.3, 0.4) is 0 Å². The number of rotatable bonds is 2. The summed E-state index contributed by atoms with van der Waals surface area (Å²) in [5, 5.41) is 8.93. The van der Waals surface area contributed by atoms with E-state index in [1.165, 1.54) is 0 Å². The number of carbonyl (C=O) groups is 1. The standard InChI is InChI=1S/C13H14N2O/c1-3-13(8-9-14)10-6-4-5-7-11(10)15(2)12(13)16/h4-7H,3,8H2,1-2H3. The molecular formula is C13H14N2O. The Morgan fingerprint density at radius 3 is 2.75 bits per heavy atom. The number of hydrogen-bond acceptors (Lipinski definition) is 2. The molecule has 0 aliphatic carbocycles. The van der Waals surface area contributed by atoms with Gasteiger partial charge in [0.2, 0.25) is 5.91 Å². The van der Waals surface area contributed by atoms with Crippen LogP contribution in [0.4, 0.5) is 5.69 Å². The van der Waals surface area contributed by atoms with Crippen LogP contribution >= 0.6 is 0 Å². The topological polar surface area (TPSA) is 44.1 Å². The normalized spacial score (nSPS) is 23.1. The Hall–Kier alpha value is -1.82. The van der Waals surface area contributed by atoms with E-state index in [9.17, 15) is 4.79 Å². The van der Waals surface area contributed by atoms with Crippen LogP contribution in [0.1, 0.15) is 25.3 Å². The van der Waals surface area contributed by atoms with Crippen molar-refractivity contribution in [2.24, 2.45) is 0 Å². The lowest BCUT2D eigenvalue weighted by molar-refractivity contribution is -0.122. The maximum absolute atomic E-state index is 12.3. The predicted molar refractivity (Wildman–Crippen MR) is 62.1 cm³/mol. The number of nitriles is 1. The van der Waals surface area contributed by atoms with Crippen LogP contribution in [0.2, 0.25) is 0 Å². The highest BCUT2D eigenvalue weighted by Gasteiger charge is 2.47. The largest absolute Gasteiger partial charge is 0.314 e. The van der Waals surface area contributed by atoms with E-state index in [4.69, 9.17) is 5.26 Å². The number of fused-ring (bicyclic) bond motifs is 1. The summed E-state index contributed by atoms with van der Waals surface area (Å²) in [4.78, 5) is 13.9. The first kappa shape index (κ1) is 10.7. The summed E-state index contributed by atoms with van der Waals surface area (Å²) >= 11 is 0. The van der Waals surface area contributed by atoms with Crippen molar-refractivity contribution in [2.75, 3.05) is 11.9 Å². The molecule has 82 valence electrons. The van der Waals surface area contributed by atoms with Gasteiger partial charge in [0.25, 0.3) is 0 Å². The average molecular weight is 214 g/mol. The third kappa shape index (κ3) is 1.16. The van der Waals surface area contributed by atoms with Crippen LogP contribution in [0.15, 0.2) is 24.3 Å².